The minimum Gasteiger partial charge on any atom is -0.336 e. The standard InChI is InChI=1S/C8H8F5N3O/c1-16(4-5-2-14-15-3-5)6(17)7(9,10)8(11,12)13/h2-3H,4H2,1H3,(H,14,15). The highest BCUT2D eigenvalue weighted by molar-refractivity contribution is 5.84. The van der Waals surface area contributed by atoms with Crippen LogP contribution >= 0.6 is 0 Å². The number of carbonyl (C=O) groups is 1. The normalized spacial score (nSPS) is 12.6. The van der Waals surface area contributed by atoms with Gasteiger partial charge in [-0.15, -0.1) is 0 Å². The van der Waals surface area contributed by atoms with Crippen LogP contribution in [0.5, 0.6) is 0 Å². The molecule has 0 saturated heterocycles. The third kappa shape index (κ3) is 2.71. The van der Waals surface area contributed by atoms with Crippen molar-refractivity contribution in [2.45, 2.75) is 18.6 Å². The minimum atomic E-state index is -5.89. The average molecular weight is 257 g/mol. The minimum absolute atomic E-state index is 0.290. The van der Waals surface area contributed by atoms with Crippen LogP contribution in [0.4, 0.5) is 22.0 Å². The predicted molar refractivity (Wildman–Crippen MR) is 46.1 cm³/mol. The van der Waals surface area contributed by atoms with Crippen LogP contribution in [0.15, 0.2) is 12.4 Å². The van der Waals surface area contributed by atoms with Gasteiger partial charge in [-0.3, -0.25) is 9.89 Å². The molecule has 0 aromatic carbocycles. The maximum Gasteiger partial charge on any atom is 0.463 e. The van der Waals surface area contributed by atoms with Gasteiger partial charge in [0.1, 0.15) is 0 Å². The van der Waals surface area contributed by atoms with E-state index in [4.69, 9.17) is 0 Å². The number of hydrogen-bond donors (Lipinski definition) is 1. The molecule has 17 heavy (non-hydrogen) atoms. The summed E-state index contributed by atoms with van der Waals surface area (Å²) < 4.78 is 61.0. The molecule has 0 radical (unpaired) electrons. The highest BCUT2D eigenvalue weighted by Gasteiger charge is 2.64. The zero-order valence-electron chi connectivity index (χ0n) is 8.55. The molecule has 96 valence electrons. The molecule has 0 fully saturated rings. The number of hydrogen-bond acceptors (Lipinski definition) is 2. The lowest BCUT2D eigenvalue weighted by atomic mass is 10.2. The van der Waals surface area contributed by atoms with E-state index in [1.165, 1.54) is 12.4 Å². The van der Waals surface area contributed by atoms with Crippen LogP contribution in [0.25, 0.3) is 0 Å². The second kappa shape index (κ2) is 4.30. The lowest BCUT2D eigenvalue weighted by molar-refractivity contribution is -0.274. The molecule has 9 heteroatoms. The number of aromatic nitrogens is 2. The van der Waals surface area contributed by atoms with Crippen molar-refractivity contribution in [3.63, 3.8) is 0 Å². The van der Waals surface area contributed by atoms with Crippen LogP contribution in [0.2, 0.25) is 0 Å². The second-order valence-corrected chi connectivity index (χ2v) is 3.34. The number of carbonyl (C=O) groups excluding carboxylic acids is 1. The molecular weight excluding hydrogens is 249 g/mol. The first-order valence-electron chi connectivity index (χ1n) is 4.34. The molecule has 0 aliphatic carbocycles. The Balaban J connectivity index is 2.76. The largest absolute Gasteiger partial charge is 0.463 e. The number of amides is 1. The Kier molecular flexibility index (Phi) is 3.39. The zero-order chi connectivity index (χ0) is 13.3. The van der Waals surface area contributed by atoms with E-state index < -0.39 is 18.0 Å². The van der Waals surface area contributed by atoms with Crippen molar-refractivity contribution in [2.24, 2.45) is 0 Å². The zero-order valence-corrected chi connectivity index (χ0v) is 8.55. The van der Waals surface area contributed by atoms with Crippen molar-refractivity contribution in [1.29, 1.82) is 0 Å². The summed E-state index contributed by atoms with van der Waals surface area (Å²) in [6, 6.07) is 0. The Labute approximate surface area is 92.4 Å². The molecule has 0 atom stereocenters. The summed E-state index contributed by atoms with van der Waals surface area (Å²) in [6.07, 6.45) is -3.39. The molecule has 1 amide bonds. The molecule has 1 rings (SSSR count). The number of nitrogens with zero attached hydrogens (tertiary/aromatic N) is 2. The maximum atomic E-state index is 12.7. The van der Waals surface area contributed by atoms with Gasteiger partial charge in [0.2, 0.25) is 0 Å². The van der Waals surface area contributed by atoms with Crippen LogP contribution < -0.4 is 0 Å². The summed E-state index contributed by atoms with van der Waals surface area (Å²) in [7, 11) is 0.856. The number of rotatable bonds is 3. The second-order valence-electron chi connectivity index (χ2n) is 3.34. The SMILES string of the molecule is CN(Cc1cn[nH]c1)C(=O)C(F)(F)C(F)(F)F. The molecule has 1 heterocycles. The molecule has 0 spiro atoms. The summed E-state index contributed by atoms with van der Waals surface area (Å²) >= 11 is 0. The quantitative estimate of drug-likeness (QED) is 0.835. The Morgan fingerprint density at radius 1 is 1.41 bits per heavy atom. The first kappa shape index (κ1) is 13.4. The Morgan fingerprint density at radius 2 is 2.00 bits per heavy atom. The lowest BCUT2D eigenvalue weighted by Crippen LogP contribution is -2.50. The molecule has 0 saturated carbocycles. The fraction of sp³-hybridized carbons (Fsp3) is 0.500. The Bertz CT molecular complexity index is 386. The molecule has 0 aliphatic heterocycles. The van der Waals surface area contributed by atoms with Crippen molar-refractivity contribution < 1.29 is 26.7 Å². The van der Waals surface area contributed by atoms with E-state index in [1.54, 1.807) is 0 Å². The van der Waals surface area contributed by atoms with Crippen LogP contribution in [0, 0.1) is 0 Å². The summed E-state index contributed by atoms with van der Waals surface area (Å²) in [5.41, 5.74) is 0.318. The Hall–Kier alpha value is -1.67. The molecule has 4 nitrogen and oxygen atoms in total. The third-order valence-corrected chi connectivity index (χ3v) is 1.95. The molecule has 1 aromatic heterocycles. The van der Waals surface area contributed by atoms with Gasteiger partial charge in [-0.25, -0.2) is 0 Å². The number of alkyl halides is 5. The van der Waals surface area contributed by atoms with Gasteiger partial charge >= 0.3 is 18.0 Å². The van der Waals surface area contributed by atoms with Gasteiger partial charge in [0.15, 0.2) is 0 Å². The van der Waals surface area contributed by atoms with Crippen molar-refractivity contribution in [3.05, 3.63) is 18.0 Å². The van der Waals surface area contributed by atoms with Gasteiger partial charge < -0.3 is 4.90 Å². The van der Waals surface area contributed by atoms with E-state index in [2.05, 4.69) is 10.2 Å². The smallest absolute Gasteiger partial charge is 0.336 e. The van der Waals surface area contributed by atoms with Crippen molar-refractivity contribution >= 4 is 5.91 Å². The van der Waals surface area contributed by atoms with Gasteiger partial charge in [-0.05, 0) is 0 Å². The van der Waals surface area contributed by atoms with E-state index >= 15 is 0 Å². The Morgan fingerprint density at radius 3 is 2.41 bits per heavy atom. The van der Waals surface area contributed by atoms with Gasteiger partial charge in [-0.2, -0.15) is 27.1 Å². The van der Waals surface area contributed by atoms with Crippen LogP contribution in [0.3, 0.4) is 0 Å². The molecular formula is C8H8F5N3O. The topological polar surface area (TPSA) is 49.0 Å². The molecule has 0 bridgehead atoms. The van der Waals surface area contributed by atoms with E-state index in [0.717, 1.165) is 7.05 Å². The number of halogens is 5. The van der Waals surface area contributed by atoms with Crippen molar-refractivity contribution in [1.82, 2.24) is 15.1 Å². The first-order chi connectivity index (χ1) is 7.66. The number of H-pyrrole nitrogens is 1. The number of aromatic amines is 1. The van der Waals surface area contributed by atoms with Gasteiger partial charge in [0.05, 0.1) is 6.20 Å². The van der Waals surface area contributed by atoms with E-state index in [0.29, 0.717) is 10.5 Å². The summed E-state index contributed by atoms with van der Waals surface area (Å²) in [5, 5.41) is 5.82. The average Bonchev–Trinajstić information content (AvgIpc) is 2.67. The number of nitrogens with one attached hydrogen (secondary N) is 1. The van der Waals surface area contributed by atoms with Gasteiger partial charge in [-0.1, -0.05) is 0 Å². The van der Waals surface area contributed by atoms with Crippen LogP contribution in [-0.4, -0.2) is 40.2 Å². The molecule has 0 aliphatic rings. The molecule has 1 N–H and O–H groups in total. The van der Waals surface area contributed by atoms with Crippen molar-refractivity contribution in [3.8, 4) is 0 Å². The fourth-order valence-corrected chi connectivity index (χ4v) is 1.07. The fourth-order valence-electron chi connectivity index (χ4n) is 1.07. The van der Waals surface area contributed by atoms with Crippen molar-refractivity contribution in [2.75, 3.05) is 7.05 Å². The highest BCUT2D eigenvalue weighted by atomic mass is 19.4. The van der Waals surface area contributed by atoms with E-state index in [-0.39, 0.29) is 6.54 Å². The summed E-state index contributed by atoms with van der Waals surface area (Å²) in [6.45, 7) is -0.388. The van der Waals surface area contributed by atoms with Crippen LogP contribution in [0.1, 0.15) is 5.56 Å². The summed E-state index contributed by atoms with van der Waals surface area (Å²) in [4.78, 5) is 11.3. The highest BCUT2D eigenvalue weighted by Crippen LogP contribution is 2.36. The lowest BCUT2D eigenvalue weighted by Gasteiger charge is -2.24. The first-order valence-corrected chi connectivity index (χ1v) is 4.34. The monoisotopic (exact) mass is 257 g/mol. The van der Waals surface area contributed by atoms with E-state index in [1.807, 2.05) is 0 Å². The van der Waals surface area contributed by atoms with Gasteiger partial charge in [0, 0.05) is 25.4 Å². The molecule has 1 aromatic rings. The molecule has 0 unspecified atom stereocenters. The predicted octanol–water partition coefficient (Wildman–Crippen LogP) is 1.57. The summed E-state index contributed by atoms with van der Waals surface area (Å²) in [5.74, 6) is -7.68. The van der Waals surface area contributed by atoms with Gasteiger partial charge in [0.25, 0.3) is 0 Å². The maximum absolute atomic E-state index is 12.7. The van der Waals surface area contributed by atoms with Crippen LogP contribution in [-0.2, 0) is 11.3 Å². The third-order valence-electron chi connectivity index (χ3n) is 1.95. The van der Waals surface area contributed by atoms with E-state index in [9.17, 15) is 26.7 Å².